The summed E-state index contributed by atoms with van der Waals surface area (Å²) in [6.07, 6.45) is 0.281. The molecule has 0 amide bonds. The van der Waals surface area contributed by atoms with Crippen molar-refractivity contribution in [3.05, 3.63) is 34.3 Å². The number of phosphoric acid groups is 1. The molecular formula is C10H14N5O7P. The fraction of sp³-hybridized carbons (Fsp3) is 0.300. The van der Waals surface area contributed by atoms with E-state index < -0.39 is 26.3 Å². The van der Waals surface area contributed by atoms with Crippen LogP contribution in [0.1, 0.15) is 12.6 Å². The number of ether oxygens (including phenoxy) is 1. The predicted molar refractivity (Wildman–Crippen MR) is 76.4 cm³/mol. The number of nitrogens with zero attached hydrogens (tertiary/aromatic N) is 3. The third-order valence-corrected chi connectivity index (χ3v) is 3.17. The maximum atomic E-state index is 11.9. The number of hydrogen-bond donors (Lipinski definition) is 5. The van der Waals surface area contributed by atoms with Gasteiger partial charge in [-0.25, -0.2) is 9.36 Å². The number of nitrogens with two attached hydrogens (primary N) is 2. The van der Waals surface area contributed by atoms with Gasteiger partial charge in [0.05, 0.1) is 6.42 Å². The Morgan fingerprint density at radius 2 is 2.26 bits per heavy atom. The highest BCUT2D eigenvalue weighted by molar-refractivity contribution is 7.46. The van der Waals surface area contributed by atoms with Crippen LogP contribution in [0, 0.1) is 0 Å². The van der Waals surface area contributed by atoms with Crippen molar-refractivity contribution in [1.82, 2.24) is 9.55 Å². The summed E-state index contributed by atoms with van der Waals surface area (Å²) in [5, 5.41) is 9.71. The van der Waals surface area contributed by atoms with Crippen molar-refractivity contribution in [2.75, 3.05) is 6.61 Å². The van der Waals surface area contributed by atoms with Crippen LogP contribution in [0.3, 0.4) is 0 Å². The first kappa shape index (κ1) is 17.0. The number of aliphatic hydroxyl groups excluding tert-OH is 1. The average molecular weight is 347 g/mol. The molecule has 0 aromatic carbocycles. The molecule has 2 heterocycles. The largest absolute Gasteiger partial charge is 0.508 e. The quantitative estimate of drug-likeness (QED) is 0.249. The molecule has 1 aliphatic heterocycles. The number of guanidine groups is 1. The van der Waals surface area contributed by atoms with E-state index in [2.05, 4.69) is 14.5 Å². The van der Waals surface area contributed by atoms with Gasteiger partial charge in [0.15, 0.2) is 23.8 Å². The van der Waals surface area contributed by atoms with E-state index in [4.69, 9.17) is 26.0 Å². The molecule has 1 aromatic heterocycles. The van der Waals surface area contributed by atoms with E-state index in [0.29, 0.717) is 0 Å². The molecule has 1 atom stereocenters. The summed E-state index contributed by atoms with van der Waals surface area (Å²) in [4.78, 5) is 36.4. The molecule has 23 heavy (non-hydrogen) atoms. The van der Waals surface area contributed by atoms with Gasteiger partial charge in [-0.2, -0.15) is 9.98 Å². The average Bonchev–Trinajstić information content (AvgIpc) is 2.76. The van der Waals surface area contributed by atoms with Crippen molar-refractivity contribution in [3.8, 4) is 0 Å². The molecule has 0 aliphatic carbocycles. The van der Waals surface area contributed by atoms with Gasteiger partial charge in [0.25, 0.3) is 0 Å². The zero-order valence-corrected chi connectivity index (χ0v) is 12.5. The van der Waals surface area contributed by atoms with Crippen molar-refractivity contribution in [3.63, 3.8) is 0 Å². The molecule has 0 unspecified atom stereocenters. The molecule has 0 spiro atoms. The lowest BCUT2D eigenvalue weighted by Crippen LogP contribution is -2.27. The van der Waals surface area contributed by atoms with Crippen LogP contribution in [0.25, 0.3) is 0 Å². The zero-order chi connectivity index (χ0) is 17.2. The van der Waals surface area contributed by atoms with Crippen molar-refractivity contribution >= 4 is 19.6 Å². The molecule has 13 heteroatoms. The molecule has 0 bridgehead atoms. The van der Waals surface area contributed by atoms with Crippen molar-refractivity contribution in [1.29, 1.82) is 0 Å². The van der Waals surface area contributed by atoms with Crippen molar-refractivity contribution in [2.24, 2.45) is 16.5 Å². The lowest BCUT2D eigenvalue weighted by atomic mass is 10.3. The van der Waals surface area contributed by atoms with Crippen LogP contribution < -0.4 is 17.2 Å². The second kappa shape index (κ2) is 6.38. The van der Waals surface area contributed by atoms with Gasteiger partial charge in [-0.3, -0.25) is 9.09 Å². The first-order chi connectivity index (χ1) is 10.7. The predicted octanol–water partition coefficient (Wildman–Crippen LogP) is -1.05. The van der Waals surface area contributed by atoms with Gasteiger partial charge in [-0.05, 0) is 6.07 Å². The molecule has 126 valence electrons. The maximum absolute atomic E-state index is 11.9. The molecule has 2 rings (SSSR count). The fourth-order valence-electron chi connectivity index (χ4n) is 1.79. The Hall–Kier alpha value is -2.40. The van der Waals surface area contributed by atoms with Gasteiger partial charge >= 0.3 is 13.5 Å². The Morgan fingerprint density at radius 3 is 2.83 bits per heavy atom. The number of rotatable bonds is 5. The lowest BCUT2D eigenvalue weighted by Gasteiger charge is -2.15. The molecule has 1 aromatic rings. The number of aliphatic imine (C=N–C) groups is 1. The first-order valence-corrected chi connectivity index (χ1v) is 7.65. The smallest absolute Gasteiger partial charge is 0.470 e. The van der Waals surface area contributed by atoms with E-state index in [9.17, 15) is 14.5 Å². The molecular weight excluding hydrogens is 333 g/mol. The van der Waals surface area contributed by atoms with Crippen molar-refractivity contribution in [2.45, 2.75) is 12.6 Å². The Labute approximate surface area is 128 Å². The normalized spacial score (nSPS) is 17.9. The Balaban J connectivity index is 2.12. The summed E-state index contributed by atoms with van der Waals surface area (Å²) in [5.74, 6) is -0.725. The number of phosphoric ester groups is 1. The molecule has 0 fully saturated rings. The van der Waals surface area contributed by atoms with E-state index in [1.807, 2.05) is 0 Å². The minimum atomic E-state index is -4.71. The van der Waals surface area contributed by atoms with Gasteiger partial charge in [-0.1, -0.05) is 0 Å². The number of aromatic nitrogens is 2. The fourth-order valence-corrected chi connectivity index (χ4v) is 2.07. The third-order valence-electron chi connectivity index (χ3n) is 2.70. The maximum Gasteiger partial charge on any atom is 0.470 e. The summed E-state index contributed by atoms with van der Waals surface area (Å²) in [6.45, 7) is -0.638. The second-order valence-corrected chi connectivity index (χ2v) is 5.66. The Bertz CT molecular complexity index is 763. The van der Waals surface area contributed by atoms with Crippen LogP contribution in [0.4, 0.5) is 5.82 Å². The van der Waals surface area contributed by atoms with Crippen LogP contribution in [0.15, 0.2) is 33.6 Å². The number of hydrogen-bond acceptors (Lipinski definition) is 7. The summed E-state index contributed by atoms with van der Waals surface area (Å²) in [5.41, 5.74) is 9.62. The van der Waals surface area contributed by atoms with E-state index in [0.717, 1.165) is 4.57 Å². The summed E-state index contributed by atoms with van der Waals surface area (Å²) in [6, 6.07) is 1.35. The van der Waals surface area contributed by atoms with E-state index in [-0.39, 0.29) is 29.7 Å². The van der Waals surface area contributed by atoms with Crippen LogP contribution in [-0.4, -0.2) is 37.0 Å². The number of aliphatic hydroxyl groups is 1. The summed E-state index contributed by atoms with van der Waals surface area (Å²) in [7, 11) is -4.71. The summed E-state index contributed by atoms with van der Waals surface area (Å²) >= 11 is 0. The Morgan fingerprint density at radius 1 is 1.57 bits per heavy atom. The first-order valence-electron chi connectivity index (χ1n) is 6.12. The molecule has 7 N–H and O–H groups in total. The molecule has 0 saturated carbocycles. The van der Waals surface area contributed by atoms with Gasteiger partial charge in [0, 0.05) is 6.20 Å². The van der Waals surface area contributed by atoms with Gasteiger partial charge in [0.1, 0.15) is 12.4 Å². The molecule has 0 radical (unpaired) electrons. The summed E-state index contributed by atoms with van der Waals surface area (Å²) < 4.78 is 21.2. The monoisotopic (exact) mass is 347 g/mol. The Kier molecular flexibility index (Phi) is 4.71. The van der Waals surface area contributed by atoms with Gasteiger partial charge < -0.3 is 31.1 Å². The SMILES string of the molecule is NC(N)=Nc1ccn([C@H]2CC(O)=C(COP(=O)(O)O)O2)c(=O)n1. The van der Waals surface area contributed by atoms with Crippen LogP contribution in [-0.2, 0) is 13.8 Å². The highest BCUT2D eigenvalue weighted by Crippen LogP contribution is 2.38. The molecule has 0 saturated heterocycles. The minimum absolute atomic E-state index is 0.00600. The second-order valence-electron chi connectivity index (χ2n) is 4.42. The zero-order valence-electron chi connectivity index (χ0n) is 11.6. The third kappa shape index (κ3) is 4.53. The highest BCUT2D eigenvalue weighted by atomic mass is 31.2. The lowest BCUT2D eigenvalue weighted by molar-refractivity contribution is 0.0575. The minimum Gasteiger partial charge on any atom is -0.508 e. The highest BCUT2D eigenvalue weighted by Gasteiger charge is 2.29. The molecule has 1 aliphatic rings. The van der Waals surface area contributed by atoms with Crippen LogP contribution in [0.5, 0.6) is 0 Å². The molecule has 12 nitrogen and oxygen atoms in total. The van der Waals surface area contributed by atoms with E-state index >= 15 is 0 Å². The van der Waals surface area contributed by atoms with E-state index in [1.165, 1.54) is 12.3 Å². The van der Waals surface area contributed by atoms with Gasteiger partial charge in [-0.15, -0.1) is 0 Å². The van der Waals surface area contributed by atoms with E-state index in [1.54, 1.807) is 0 Å². The van der Waals surface area contributed by atoms with Crippen molar-refractivity contribution < 1.29 is 28.7 Å². The van der Waals surface area contributed by atoms with Gasteiger partial charge in [0.2, 0.25) is 0 Å². The van der Waals surface area contributed by atoms with Crippen LogP contribution in [0.2, 0.25) is 0 Å². The van der Waals surface area contributed by atoms with Crippen LogP contribution >= 0.6 is 7.82 Å². The standard InChI is InChI=1S/C10H14N5O7P/c11-9(12)13-7-1-2-15(10(17)14-7)8-3-5(16)6(22-8)4-21-23(18,19)20/h1-2,8,16H,3-4H2,(H2,18,19,20)(H4,11,12,13,14,17)/t8-/m1/s1. The topological polar surface area (TPSA) is 196 Å².